The molecule has 0 radical (unpaired) electrons. The fourth-order valence-electron chi connectivity index (χ4n) is 1.89. The van der Waals surface area contributed by atoms with Crippen LogP contribution in [-0.2, 0) is 4.74 Å². The molecule has 0 unspecified atom stereocenters. The summed E-state index contributed by atoms with van der Waals surface area (Å²) in [6, 6.07) is 5.43. The molecule has 0 aliphatic rings. The first-order valence-electron chi connectivity index (χ1n) is 5.87. The van der Waals surface area contributed by atoms with Crippen molar-refractivity contribution in [2.45, 2.75) is 13.8 Å². The Morgan fingerprint density at radius 3 is 2.63 bits per heavy atom. The molecule has 1 heterocycles. The van der Waals surface area contributed by atoms with Crippen molar-refractivity contribution >= 4 is 35.9 Å². The van der Waals surface area contributed by atoms with Crippen LogP contribution < -0.4 is 4.74 Å². The Balaban J connectivity index is 2.62. The molecule has 4 nitrogen and oxygen atoms in total. The van der Waals surface area contributed by atoms with Gasteiger partial charge in [0, 0.05) is 0 Å². The van der Waals surface area contributed by atoms with Gasteiger partial charge in [-0.15, -0.1) is 0 Å². The standard InChI is InChI=1S/C14H14O4Se/c1-4-18-14(16)11-7-9-5-6-10(17-3)12(8(2)15)13(9)19-11/h5-7H,4H2,1-3H3. The van der Waals surface area contributed by atoms with Gasteiger partial charge in [-0.3, -0.25) is 0 Å². The monoisotopic (exact) mass is 326 g/mol. The molecule has 0 bridgehead atoms. The molecule has 0 amide bonds. The Labute approximate surface area is 117 Å². The van der Waals surface area contributed by atoms with E-state index in [1.165, 1.54) is 14.0 Å². The van der Waals surface area contributed by atoms with Gasteiger partial charge in [0.15, 0.2) is 0 Å². The van der Waals surface area contributed by atoms with Gasteiger partial charge in [0.05, 0.1) is 0 Å². The molecule has 0 aliphatic heterocycles. The Kier molecular flexibility index (Phi) is 4.07. The SMILES string of the molecule is CCOC(=O)c1cc2ccc(OC)c(C(C)=O)c2[se]1. The van der Waals surface area contributed by atoms with Crippen LogP contribution in [0.15, 0.2) is 18.2 Å². The van der Waals surface area contributed by atoms with Crippen LogP contribution in [0.3, 0.4) is 0 Å². The minimum absolute atomic E-state index is 0.0471. The van der Waals surface area contributed by atoms with Crippen molar-refractivity contribution < 1.29 is 19.1 Å². The van der Waals surface area contributed by atoms with Crippen LogP contribution in [0.2, 0.25) is 0 Å². The summed E-state index contributed by atoms with van der Waals surface area (Å²) >= 11 is -0.211. The number of esters is 1. The Morgan fingerprint density at radius 1 is 1.32 bits per heavy atom. The van der Waals surface area contributed by atoms with Gasteiger partial charge in [-0.1, -0.05) is 0 Å². The molecule has 100 valence electrons. The van der Waals surface area contributed by atoms with Crippen LogP contribution in [0.5, 0.6) is 5.75 Å². The van der Waals surface area contributed by atoms with E-state index < -0.39 is 0 Å². The van der Waals surface area contributed by atoms with Gasteiger partial charge < -0.3 is 0 Å². The maximum absolute atomic E-state index is 11.8. The second-order valence-corrected chi connectivity index (χ2v) is 6.16. The molecular formula is C14H14O4Se. The fourth-order valence-corrected chi connectivity index (χ4v) is 4.28. The van der Waals surface area contributed by atoms with Crippen molar-refractivity contribution in [2.75, 3.05) is 13.7 Å². The number of fused-ring (bicyclic) bond motifs is 1. The van der Waals surface area contributed by atoms with Crippen molar-refractivity contribution in [1.29, 1.82) is 0 Å². The van der Waals surface area contributed by atoms with Gasteiger partial charge in [0.1, 0.15) is 0 Å². The summed E-state index contributed by atoms with van der Waals surface area (Å²) in [5.41, 5.74) is 0.579. The molecular weight excluding hydrogens is 311 g/mol. The van der Waals surface area contributed by atoms with Crippen LogP contribution >= 0.6 is 0 Å². The molecule has 0 atom stereocenters. The number of benzene rings is 1. The van der Waals surface area contributed by atoms with E-state index in [1.54, 1.807) is 19.1 Å². The third-order valence-electron chi connectivity index (χ3n) is 2.70. The van der Waals surface area contributed by atoms with Crippen LogP contribution in [0.25, 0.3) is 9.65 Å². The number of methoxy groups -OCH3 is 1. The van der Waals surface area contributed by atoms with Gasteiger partial charge in [-0.05, 0) is 0 Å². The van der Waals surface area contributed by atoms with Crippen LogP contribution in [0.4, 0.5) is 0 Å². The molecule has 0 saturated heterocycles. The quantitative estimate of drug-likeness (QED) is 0.492. The zero-order valence-electron chi connectivity index (χ0n) is 11.0. The number of carbonyl (C=O) groups excluding carboxylic acids is 2. The number of ether oxygens (including phenoxy) is 2. The fraction of sp³-hybridized carbons (Fsp3) is 0.286. The van der Waals surface area contributed by atoms with Crippen LogP contribution in [-0.4, -0.2) is 40.0 Å². The molecule has 5 heteroatoms. The van der Waals surface area contributed by atoms with Gasteiger partial charge in [0.25, 0.3) is 0 Å². The van der Waals surface area contributed by atoms with E-state index in [0.717, 1.165) is 9.65 Å². The number of hydrogen-bond donors (Lipinski definition) is 0. The predicted octanol–water partition coefficient (Wildman–Crippen LogP) is 2.28. The summed E-state index contributed by atoms with van der Waals surface area (Å²) < 4.78 is 11.8. The molecule has 0 fully saturated rings. The average molecular weight is 325 g/mol. The Bertz CT molecular complexity index is 642. The minimum atomic E-state index is -0.299. The van der Waals surface area contributed by atoms with E-state index in [0.29, 0.717) is 22.4 Å². The molecule has 2 aromatic rings. The molecule has 1 aromatic heterocycles. The molecule has 19 heavy (non-hydrogen) atoms. The van der Waals surface area contributed by atoms with E-state index in [1.807, 2.05) is 6.07 Å². The first-order chi connectivity index (χ1) is 9.08. The molecule has 0 N–H and O–H groups in total. The number of Topliss-reactive ketones (excluding diaryl/α,β-unsaturated/α-hetero) is 1. The van der Waals surface area contributed by atoms with Gasteiger partial charge in [0.2, 0.25) is 0 Å². The summed E-state index contributed by atoms with van der Waals surface area (Å²) in [5.74, 6) is 0.216. The molecule has 0 spiro atoms. The second-order valence-electron chi connectivity index (χ2n) is 3.95. The summed E-state index contributed by atoms with van der Waals surface area (Å²) in [7, 11) is 1.54. The van der Waals surface area contributed by atoms with E-state index in [2.05, 4.69) is 0 Å². The number of hydrogen-bond acceptors (Lipinski definition) is 4. The normalized spacial score (nSPS) is 10.5. The van der Waals surface area contributed by atoms with E-state index in [-0.39, 0.29) is 26.3 Å². The van der Waals surface area contributed by atoms with E-state index >= 15 is 0 Å². The van der Waals surface area contributed by atoms with Crippen molar-refractivity contribution in [1.82, 2.24) is 0 Å². The number of ketones is 1. The summed E-state index contributed by atoms with van der Waals surface area (Å²) in [5, 5.41) is 0.911. The van der Waals surface area contributed by atoms with Crippen molar-refractivity contribution in [3.8, 4) is 5.75 Å². The van der Waals surface area contributed by atoms with Gasteiger partial charge in [-0.25, -0.2) is 0 Å². The Hall–Kier alpha value is -1.58. The van der Waals surface area contributed by atoms with Crippen LogP contribution in [0, 0.1) is 0 Å². The summed E-state index contributed by atoms with van der Waals surface area (Å²) in [6.07, 6.45) is 0. The number of carbonyl (C=O) groups is 2. The third-order valence-corrected chi connectivity index (χ3v) is 5.11. The van der Waals surface area contributed by atoms with Gasteiger partial charge >= 0.3 is 116 Å². The van der Waals surface area contributed by atoms with Crippen molar-refractivity contribution in [3.63, 3.8) is 0 Å². The van der Waals surface area contributed by atoms with Crippen LogP contribution in [0.1, 0.15) is 33.4 Å². The molecule has 0 saturated carbocycles. The zero-order chi connectivity index (χ0) is 14.0. The third kappa shape index (κ3) is 2.57. The maximum atomic E-state index is 11.8. The van der Waals surface area contributed by atoms with Crippen molar-refractivity contribution in [2.24, 2.45) is 0 Å². The molecule has 1 aromatic carbocycles. The van der Waals surface area contributed by atoms with E-state index in [4.69, 9.17) is 9.47 Å². The zero-order valence-corrected chi connectivity index (χ0v) is 12.7. The number of rotatable bonds is 4. The Morgan fingerprint density at radius 2 is 2.05 bits per heavy atom. The van der Waals surface area contributed by atoms with Gasteiger partial charge in [-0.2, -0.15) is 0 Å². The summed E-state index contributed by atoms with van der Waals surface area (Å²) in [6.45, 7) is 3.64. The molecule has 0 aliphatic carbocycles. The summed E-state index contributed by atoms with van der Waals surface area (Å²) in [4.78, 5) is 23.5. The first kappa shape index (κ1) is 13.8. The predicted molar refractivity (Wildman–Crippen MR) is 73.4 cm³/mol. The molecule has 2 rings (SSSR count). The second kappa shape index (κ2) is 5.59. The topological polar surface area (TPSA) is 52.6 Å². The van der Waals surface area contributed by atoms with Crippen molar-refractivity contribution in [3.05, 3.63) is 28.2 Å². The average Bonchev–Trinajstić information content (AvgIpc) is 2.81. The van der Waals surface area contributed by atoms with E-state index in [9.17, 15) is 9.59 Å². The first-order valence-corrected chi connectivity index (χ1v) is 7.58.